The predicted octanol–water partition coefficient (Wildman–Crippen LogP) is 2.39. The molecular formula is C12H21N3O2. The van der Waals surface area contributed by atoms with E-state index in [9.17, 15) is 0 Å². The average Bonchev–Trinajstić information content (AvgIpc) is 2.64. The van der Waals surface area contributed by atoms with Crippen molar-refractivity contribution in [2.75, 3.05) is 11.9 Å². The van der Waals surface area contributed by atoms with Gasteiger partial charge in [-0.15, -0.1) is 0 Å². The second kappa shape index (κ2) is 5.04. The van der Waals surface area contributed by atoms with Gasteiger partial charge in [0.25, 0.3) is 0 Å². The van der Waals surface area contributed by atoms with Crippen molar-refractivity contribution in [1.29, 1.82) is 0 Å². The average molecular weight is 239 g/mol. The Morgan fingerprint density at radius 1 is 1.35 bits per heavy atom. The second-order valence-corrected chi connectivity index (χ2v) is 5.58. The fourth-order valence-electron chi connectivity index (χ4n) is 1.88. The van der Waals surface area contributed by atoms with Crippen molar-refractivity contribution < 1.29 is 9.26 Å². The Kier molecular flexibility index (Phi) is 3.66. The number of nitrogens with one attached hydrogen (secondary N) is 1. The largest absolute Gasteiger partial charge is 0.378 e. The number of hydrogen-bond acceptors (Lipinski definition) is 5. The molecule has 0 radical (unpaired) electrons. The minimum Gasteiger partial charge on any atom is -0.378 e. The van der Waals surface area contributed by atoms with Gasteiger partial charge in [-0.25, -0.2) is 0 Å². The minimum atomic E-state index is -0.0643. The van der Waals surface area contributed by atoms with Crippen molar-refractivity contribution in [3.63, 3.8) is 0 Å². The van der Waals surface area contributed by atoms with Crippen LogP contribution in [-0.4, -0.2) is 28.4 Å². The lowest BCUT2D eigenvalue weighted by Crippen LogP contribution is -2.26. The third-order valence-corrected chi connectivity index (χ3v) is 2.63. The highest BCUT2D eigenvalue weighted by Gasteiger charge is 2.19. The zero-order valence-electron chi connectivity index (χ0n) is 10.8. The molecule has 0 amide bonds. The molecule has 17 heavy (non-hydrogen) atoms. The van der Waals surface area contributed by atoms with Crippen molar-refractivity contribution in [2.45, 2.75) is 58.1 Å². The first-order valence-electron chi connectivity index (χ1n) is 6.25. The third kappa shape index (κ3) is 4.00. The maximum atomic E-state index is 5.65. The monoisotopic (exact) mass is 239 g/mol. The smallest absolute Gasteiger partial charge is 0.321 e. The summed E-state index contributed by atoms with van der Waals surface area (Å²) >= 11 is 0. The molecular weight excluding hydrogens is 218 g/mol. The molecule has 1 aliphatic rings. The number of rotatable bonds is 3. The molecule has 0 aliphatic carbocycles. The highest BCUT2D eigenvalue weighted by molar-refractivity contribution is 5.22. The molecule has 0 bridgehead atoms. The lowest BCUT2D eigenvalue weighted by molar-refractivity contribution is 0.0153. The predicted molar refractivity (Wildman–Crippen MR) is 65.0 cm³/mol. The van der Waals surface area contributed by atoms with Gasteiger partial charge in [0.1, 0.15) is 0 Å². The first kappa shape index (κ1) is 12.4. The van der Waals surface area contributed by atoms with Crippen LogP contribution in [0.5, 0.6) is 0 Å². The van der Waals surface area contributed by atoms with E-state index in [2.05, 4.69) is 36.2 Å². The van der Waals surface area contributed by atoms with Crippen molar-refractivity contribution in [3.8, 4) is 0 Å². The van der Waals surface area contributed by atoms with Gasteiger partial charge in [-0.05, 0) is 40.0 Å². The summed E-state index contributed by atoms with van der Waals surface area (Å²) in [5.41, 5.74) is -0.0643. The van der Waals surface area contributed by atoms with Gasteiger partial charge in [0, 0.05) is 18.6 Å². The number of ether oxygens (including phenoxy) is 1. The Bertz CT molecular complexity index is 351. The van der Waals surface area contributed by atoms with Crippen LogP contribution in [0.15, 0.2) is 4.52 Å². The Hall–Kier alpha value is -1.10. The fourth-order valence-corrected chi connectivity index (χ4v) is 1.88. The van der Waals surface area contributed by atoms with Crippen LogP contribution in [0, 0.1) is 0 Å². The summed E-state index contributed by atoms with van der Waals surface area (Å²) in [6.07, 6.45) is 4.49. The van der Waals surface area contributed by atoms with Gasteiger partial charge >= 0.3 is 6.01 Å². The van der Waals surface area contributed by atoms with E-state index >= 15 is 0 Å². The number of hydrogen-bond donors (Lipinski definition) is 1. The summed E-state index contributed by atoms with van der Waals surface area (Å²) in [4.78, 5) is 4.32. The maximum Gasteiger partial charge on any atom is 0.321 e. The molecule has 1 saturated heterocycles. The standard InChI is InChI=1S/C12H21N3O2/c1-12(2,3)14-11-13-10(15-17-11)8-9-6-4-5-7-16-9/h9H,4-8H2,1-3H3,(H,13,14,15). The molecule has 0 aromatic carbocycles. The van der Waals surface area contributed by atoms with Gasteiger partial charge in [-0.2, -0.15) is 4.98 Å². The zero-order chi connectivity index (χ0) is 12.3. The van der Waals surface area contributed by atoms with E-state index in [1.54, 1.807) is 0 Å². The van der Waals surface area contributed by atoms with Crippen LogP contribution in [-0.2, 0) is 11.2 Å². The fraction of sp³-hybridized carbons (Fsp3) is 0.833. The van der Waals surface area contributed by atoms with Crippen molar-refractivity contribution in [2.24, 2.45) is 0 Å². The maximum absolute atomic E-state index is 5.65. The van der Waals surface area contributed by atoms with Crippen LogP contribution in [0.1, 0.15) is 45.9 Å². The third-order valence-electron chi connectivity index (χ3n) is 2.63. The molecule has 1 unspecified atom stereocenters. The van der Waals surface area contributed by atoms with Crippen LogP contribution >= 0.6 is 0 Å². The van der Waals surface area contributed by atoms with E-state index in [0.717, 1.165) is 25.3 Å². The van der Waals surface area contributed by atoms with E-state index < -0.39 is 0 Å². The Labute approximate surface area is 102 Å². The first-order chi connectivity index (χ1) is 8.03. The van der Waals surface area contributed by atoms with E-state index in [4.69, 9.17) is 9.26 Å². The molecule has 1 N–H and O–H groups in total. The summed E-state index contributed by atoms with van der Waals surface area (Å²) < 4.78 is 10.8. The van der Waals surface area contributed by atoms with E-state index in [1.807, 2.05) is 0 Å². The van der Waals surface area contributed by atoms with E-state index in [1.165, 1.54) is 12.8 Å². The van der Waals surface area contributed by atoms with Crippen molar-refractivity contribution >= 4 is 6.01 Å². The number of nitrogens with zero attached hydrogens (tertiary/aromatic N) is 2. The lowest BCUT2D eigenvalue weighted by atomic mass is 10.1. The van der Waals surface area contributed by atoms with Gasteiger partial charge in [0.2, 0.25) is 0 Å². The SMILES string of the molecule is CC(C)(C)Nc1nc(CC2CCCCO2)no1. The molecule has 0 spiro atoms. The Morgan fingerprint density at radius 2 is 2.18 bits per heavy atom. The Morgan fingerprint density at radius 3 is 2.82 bits per heavy atom. The van der Waals surface area contributed by atoms with Crippen LogP contribution in [0.25, 0.3) is 0 Å². The summed E-state index contributed by atoms with van der Waals surface area (Å²) in [5, 5.41) is 7.12. The van der Waals surface area contributed by atoms with Crippen molar-refractivity contribution in [3.05, 3.63) is 5.82 Å². The van der Waals surface area contributed by atoms with Crippen LogP contribution in [0.3, 0.4) is 0 Å². The molecule has 1 fully saturated rings. The normalized spacial score (nSPS) is 21.5. The number of aromatic nitrogens is 2. The van der Waals surface area contributed by atoms with Crippen LogP contribution in [0.4, 0.5) is 6.01 Å². The zero-order valence-corrected chi connectivity index (χ0v) is 10.8. The van der Waals surface area contributed by atoms with E-state index in [-0.39, 0.29) is 11.6 Å². The molecule has 1 aliphatic heterocycles. The van der Waals surface area contributed by atoms with Gasteiger partial charge in [-0.3, -0.25) is 0 Å². The second-order valence-electron chi connectivity index (χ2n) is 5.58. The first-order valence-corrected chi connectivity index (χ1v) is 6.25. The summed E-state index contributed by atoms with van der Waals surface area (Å²) in [5.74, 6) is 0.726. The summed E-state index contributed by atoms with van der Waals surface area (Å²) in [6, 6.07) is 0.489. The molecule has 96 valence electrons. The van der Waals surface area contributed by atoms with Crippen molar-refractivity contribution in [1.82, 2.24) is 10.1 Å². The quantitative estimate of drug-likeness (QED) is 0.877. The van der Waals surface area contributed by atoms with Gasteiger partial charge in [0.15, 0.2) is 5.82 Å². The number of anilines is 1. The molecule has 5 heteroatoms. The lowest BCUT2D eigenvalue weighted by Gasteiger charge is -2.20. The molecule has 1 aromatic rings. The molecule has 0 saturated carbocycles. The highest BCUT2D eigenvalue weighted by Crippen LogP contribution is 2.17. The van der Waals surface area contributed by atoms with Gasteiger partial charge in [-0.1, -0.05) is 5.16 Å². The Balaban J connectivity index is 1.89. The topological polar surface area (TPSA) is 60.2 Å². The van der Waals surface area contributed by atoms with Gasteiger partial charge < -0.3 is 14.6 Å². The highest BCUT2D eigenvalue weighted by atomic mass is 16.5. The molecule has 5 nitrogen and oxygen atoms in total. The molecule has 1 atom stereocenters. The molecule has 2 rings (SSSR count). The molecule has 2 heterocycles. The summed E-state index contributed by atoms with van der Waals surface area (Å²) in [7, 11) is 0. The summed E-state index contributed by atoms with van der Waals surface area (Å²) in [6.45, 7) is 7.03. The van der Waals surface area contributed by atoms with Gasteiger partial charge in [0.05, 0.1) is 6.10 Å². The minimum absolute atomic E-state index is 0.0643. The van der Waals surface area contributed by atoms with Crippen LogP contribution in [0.2, 0.25) is 0 Å². The molecule has 1 aromatic heterocycles. The van der Waals surface area contributed by atoms with E-state index in [0.29, 0.717) is 6.01 Å². The van der Waals surface area contributed by atoms with Crippen LogP contribution < -0.4 is 5.32 Å².